The molecule has 5 heteroatoms. The van der Waals surface area contributed by atoms with Gasteiger partial charge in [0.25, 0.3) is 0 Å². The number of carbonyl (C=O) groups is 2. The molecule has 0 bridgehead atoms. The second-order valence-electron chi connectivity index (χ2n) is 4.11. The molecule has 1 aliphatic rings. The van der Waals surface area contributed by atoms with E-state index in [4.69, 9.17) is 4.74 Å². The Hall–Kier alpha value is -1.52. The fourth-order valence-corrected chi connectivity index (χ4v) is 1.32. The van der Waals surface area contributed by atoms with Crippen LogP contribution in [0.4, 0.5) is 4.79 Å². The first-order valence-electron chi connectivity index (χ1n) is 5.22. The van der Waals surface area contributed by atoms with Crippen LogP contribution >= 0.6 is 0 Å². The van der Waals surface area contributed by atoms with Gasteiger partial charge in [-0.1, -0.05) is 13.8 Å². The van der Waals surface area contributed by atoms with Crippen LogP contribution in [0.1, 0.15) is 13.8 Å². The van der Waals surface area contributed by atoms with E-state index in [1.54, 1.807) is 0 Å². The second-order valence-corrected chi connectivity index (χ2v) is 4.11. The highest BCUT2D eigenvalue weighted by atomic mass is 16.5. The third kappa shape index (κ3) is 3.56. The normalized spacial score (nSPS) is 16.1. The molecular formula is C11H17NO4. The maximum atomic E-state index is 11.3. The highest BCUT2D eigenvalue weighted by Gasteiger charge is 2.23. The molecule has 0 aromatic heterocycles. The molecule has 0 unspecified atom stereocenters. The van der Waals surface area contributed by atoms with Crippen molar-refractivity contribution in [2.75, 3.05) is 26.8 Å². The second kappa shape index (κ2) is 5.53. The quantitative estimate of drug-likeness (QED) is 0.726. The molecule has 0 aliphatic carbocycles. The maximum Gasteiger partial charge on any atom is 0.410 e. The summed E-state index contributed by atoms with van der Waals surface area (Å²) < 4.78 is 9.99. The monoisotopic (exact) mass is 227 g/mol. The van der Waals surface area contributed by atoms with Crippen LogP contribution in [-0.2, 0) is 14.3 Å². The predicted octanol–water partition coefficient (Wildman–Crippen LogP) is 1.19. The van der Waals surface area contributed by atoms with Crippen LogP contribution in [-0.4, -0.2) is 43.6 Å². The summed E-state index contributed by atoms with van der Waals surface area (Å²) >= 11 is 0. The van der Waals surface area contributed by atoms with E-state index in [1.165, 1.54) is 18.1 Å². The summed E-state index contributed by atoms with van der Waals surface area (Å²) in [4.78, 5) is 23.9. The summed E-state index contributed by atoms with van der Waals surface area (Å²) in [5.41, 5.74) is 0. The molecule has 0 saturated carbocycles. The van der Waals surface area contributed by atoms with Gasteiger partial charge in [-0.3, -0.25) is 9.69 Å². The first kappa shape index (κ1) is 12.5. The van der Waals surface area contributed by atoms with Crippen molar-refractivity contribution in [3.8, 4) is 0 Å². The van der Waals surface area contributed by atoms with Crippen molar-refractivity contribution in [3.05, 3.63) is 11.8 Å². The van der Waals surface area contributed by atoms with Gasteiger partial charge in [-0.15, -0.1) is 0 Å². The van der Waals surface area contributed by atoms with Gasteiger partial charge in [-0.25, -0.2) is 4.79 Å². The molecule has 90 valence electrons. The molecule has 16 heavy (non-hydrogen) atoms. The van der Waals surface area contributed by atoms with Crippen molar-refractivity contribution in [1.82, 2.24) is 4.90 Å². The zero-order valence-corrected chi connectivity index (χ0v) is 9.86. The van der Waals surface area contributed by atoms with Gasteiger partial charge in [0.1, 0.15) is 5.76 Å². The molecule has 1 rings (SSSR count). The van der Waals surface area contributed by atoms with Crippen molar-refractivity contribution in [2.45, 2.75) is 13.8 Å². The van der Waals surface area contributed by atoms with Gasteiger partial charge in [0.2, 0.25) is 0 Å². The zero-order chi connectivity index (χ0) is 12.1. The van der Waals surface area contributed by atoms with E-state index in [0.717, 1.165) is 0 Å². The fourth-order valence-electron chi connectivity index (χ4n) is 1.32. The lowest BCUT2D eigenvalue weighted by Crippen LogP contribution is -2.40. The summed E-state index contributed by atoms with van der Waals surface area (Å²) in [6.07, 6.45) is 0.939. The van der Waals surface area contributed by atoms with Crippen LogP contribution < -0.4 is 0 Å². The van der Waals surface area contributed by atoms with Crippen molar-refractivity contribution in [2.24, 2.45) is 5.92 Å². The molecule has 5 nitrogen and oxygen atoms in total. The van der Waals surface area contributed by atoms with E-state index in [-0.39, 0.29) is 12.3 Å². The highest BCUT2D eigenvalue weighted by molar-refractivity contribution is 5.94. The third-order valence-corrected chi connectivity index (χ3v) is 2.05. The number of amides is 1. The Morgan fingerprint density at radius 2 is 2.19 bits per heavy atom. The summed E-state index contributed by atoms with van der Waals surface area (Å²) in [6, 6.07) is 0. The van der Waals surface area contributed by atoms with Gasteiger partial charge < -0.3 is 9.47 Å². The number of rotatable bonds is 3. The standard InChI is InChI=1S/C11H17NO4/c1-8(2)7-16-10-4-9(13)5-12(6-10)11(14)15-3/h4,8H,5-7H2,1-3H3. The van der Waals surface area contributed by atoms with Crippen LogP contribution in [0.15, 0.2) is 11.8 Å². The highest BCUT2D eigenvalue weighted by Crippen LogP contribution is 2.11. The Balaban J connectivity index is 2.58. The van der Waals surface area contributed by atoms with E-state index in [1.807, 2.05) is 13.8 Å². The van der Waals surface area contributed by atoms with Crippen LogP contribution in [0, 0.1) is 5.92 Å². The lowest BCUT2D eigenvalue weighted by Gasteiger charge is -2.25. The summed E-state index contributed by atoms with van der Waals surface area (Å²) in [5, 5.41) is 0. The zero-order valence-electron chi connectivity index (χ0n) is 9.86. The van der Waals surface area contributed by atoms with Crippen molar-refractivity contribution >= 4 is 11.9 Å². The van der Waals surface area contributed by atoms with Crippen molar-refractivity contribution in [1.29, 1.82) is 0 Å². The Kier molecular flexibility index (Phi) is 4.34. The van der Waals surface area contributed by atoms with Gasteiger partial charge in [0.05, 0.1) is 26.8 Å². The number of carbonyl (C=O) groups excluding carboxylic acids is 2. The first-order valence-corrected chi connectivity index (χ1v) is 5.22. The molecule has 0 aromatic rings. The minimum absolute atomic E-state index is 0.0568. The van der Waals surface area contributed by atoms with Crippen LogP contribution in [0.3, 0.4) is 0 Å². The van der Waals surface area contributed by atoms with Crippen LogP contribution in [0.25, 0.3) is 0 Å². The summed E-state index contributed by atoms with van der Waals surface area (Å²) in [6.45, 7) is 4.92. The number of hydrogen-bond donors (Lipinski definition) is 0. The minimum Gasteiger partial charge on any atom is -0.496 e. The van der Waals surface area contributed by atoms with Gasteiger partial charge in [-0.2, -0.15) is 0 Å². The fraction of sp³-hybridized carbons (Fsp3) is 0.636. The van der Waals surface area contributed by atoms with E-state index < -0.39 is 6.09 Å². The largest absolute Gasteiger partial charge is 0.496 e. The molecule has 0 fully saturated rings. The van der Waals surface area contributed by atoms with Gasteiger partial charge in [0.15, 0.2) is 5.78 Å². The topological polar surface area (TPSA) is 55.8 Å². The predicted molar refractivity (Wildman–Crippen MR) is 57.9 cm³/mol. The Morgan fingerprint density at radius 3 is 2.75 bits per heavy atom. The lowest BCUT2D eigenvalue weighted by molar-refractivity contribution is -0.116. The van der Waals surface area contributed by atoms with Gasteiger partial charge >= 0.3 is 6.09 Å². The maximum absolute atomic E-state index is 11.3. The molecule has 0 N–H and O–H groups in total. The van der Waals surface area contributed by atoms with E-state index in [0.29, 0.717) is 24.8 Å². The number of methoxy groups -OCH3 is 1. The Morgan fingerprint density at radius 1 is 1.50 bits per heavy atom. The molecule has 1 amide bonds. The number of hydrogen-bond acceptors (Lipinski definition) is 4. The smallest absolute Gasteiger partial charge is 0.410 e. The van der Waals surface area contributed by atoms with Crippen molar-refractivity contribution in [3.63, 3.8) is 0 Å². The molecule has 0 aromatic carbocycles. The number of nitrogens with zero attached hydrogens (tertiary/aromatic N) is 1. The SMILES string of the molecule is COC(=O)N1CC(=O)C=C(OCC(C)C)C1. The molecule has 0 atom stereocenters. The van der Waals surface area contributed by atoms with Crippen molar-refractivity contribution < 1.29 is 19.1 Å². The third-order valence-electron chi connectivity index (χ3n) is 2.05. The molecule has 0 radical (unpaired) electrons. The van der Waals surface area contributed by atoms with E-state index in [9.17, 15) is 9.59 Å². The Bertz CT molecular complexity index is 309. The van der Waals surface area contributed by atoms with Gasteiger partial charge in [-0.05, 0) is 5.92 Å². The van der Waals surface area contributed by atoms with Gasteiger partial charge in [0, 0.05) is 6.08 Å². The average molecular weight is 227 g/mol. The van der Waals surface area contributed by atoms with Crippen LogP contribution in [0.2, 0.25) is 0 Å². The summed E-state index contributed by atoms with van der Waals surface area (Å²) in [7, 11) is 1.29. The molecule has 1 aliphatic heterocycles. The number of ether oxygens (including phenoxy) is 2. The lowest BCUT2D eigenvalue weighted by atomic mass is 10.2. The molecule has 0 spiro atoms. The average Bonchev–Trinajstić information content (AvgIpc) is 2.24. The number of ketones is 1. The van der Waals surface area contributed by atoms with Crippen LogP contribution in [0.5, 0.6) is 0 Å². The first-order chi connectivity index (χ1) is 7.52. The van der Waals surface area contributed by atoms with E-state index >= 15 is 0 Å². The molecule has 0 saturated heterocycles. The molecule has 1 heterocycles. The Labute approximate surface area is 95.0 Å². The van der Waals surface area contributed by atoms with E-state index in [2.05, 4.69) is 4.74 Å². The summed E-state index contributed by atoms with van der Waals surface area (Å²) in [5.74, 6) is 0.760. The minimum atomic E-state index is -0.507. The molecular weight excluding hydrogens is 210 g/mol.